The van der Waals surface area contributed by atoms with Crippen molar-refractivity contribution < 1.29 is 18.0 Å². The van der Waals surface area contributed by atoms with Crippen LogP contribution in [0.15, 0.2) is 76.0 Å². The van der Waals surface area contributed by atoms with E-state index in [2.05, 4.69) is 5.32 Å². The molecule has 0 unspecified atom stereocenters. The zero-order chi connectivity index (χ0) is 22.6. The van der Waals surface area contributed by atoms with Gasteiger partial charge in [-0.05, 0) is 48.4 Å². The molecule has 3 N–H and O–H groups in total. The molecule has 2 aromatic rings. The summed E-state index contributed by atoms with van der Waals surface area (Å²) in [5, 5.41) is 7.66. The third kappa shape index (κ3) is 6.11. The Morgan fingerprint density at radius 1 is 1.16 bits per heavy atom. The molecule has 31 heavy (non-hydrogen) atoms. The summed E-state index contributed by atoms with van der Waals surface area (Å²) in [7, 11) is -3.81. The molecule has 160 valence electrons. The van der Waals surface area contributed by atoms with E-state index in [1.807, 2.05) is 43.3 Å². The summed E-state index contributed by atoms with van der Waals surface area (Å²) in [5.74, 6) is -0.798. The van der Waals surface area contributed by atoms with E-state index in [1.165, 1.54) is 29.2 Å². The maximum Gasteiger partial charge on any atom is 0.266 e. The predicted octanol–water partition coefficient (Wildman–Crippen LogP) is 3.12. The molecule has 10 heteroatoms. The molecule has 0 aromatic heterocycles. The maximum absolute atomic E-state index is 12.7. The van der Waals surface area contributed by atoms with Crippen LogP contribution in [0, 0.1) is 0 Å². The maximum atomic E-state index is 12.7. The van der Waals surface area contributed by atoms with Crippen molar-refractivity contribution in [3.63, 3.8) is 0 Å². The first-order valence-electron chi connectivity index (χ1n) is 9.05. The average Bonchev–Trinajstić information content (AvgIpc) is 2.95. The summed E-state index contributed by atoms with van der Waals surface area (Å²) >= 11 is 6.41. The van der Waals surface area contributed by atoms with Crippen LogP contribution in [0.3, 0.4) is 0 Å². The number of primary sulfonamides is 1. The van der Waals surface area contributed by atoms with Gasteiger partial charge in [-0.15, -0.1) is 0 Å². The Kier molecular flexibility index (Phi) is 7.06. The number of nitrogens with two attached hydrogens (primary N) is 1. The van der Waals surface area contributed by atoms with Crippen molar-refractivity contribution in [3.05, 3.63) is 76.7 Å². The van der Waals surface area contributed by atoms with Gasteiger partial charge in [0.25, 0.3) is 5.91 Å². The van der Waals surface area contributed by atoms with Gasteiger partial charge in [0.2, 0.25) is 15.9 Å². The first-order chi connectivity index (χ1) is 14.6. The molecule has 0 aliphatic carbocycles. The number of nitrogens with zero attached hydrogens (tertiary/aromatic N) is 1. The van der Waals surface area contributed by atoms with Gasteiger partial charge >= 0.3 is 0 Å². The van der Waals surface area contributed by atoms with Crippen molar-refractivity contribution in [2.75, 3.05) is 11.9 Å². The SMILES string of the molecule is CC(/C=C1\SC(=S)N(CC(=O)Nc2ccc(S(N)(=O)=O)cc2)C1=O)=C\c1ccccc1. The number of benzene rings is 2. The van der Waals surface area contributed by atoms with Crippen molar-refractivity contribution in [2.45, 2.75) is 11.8 Å². The van der Waals surface area contributed by atoms with E-state index >= 15 is 0 Å². The normalized spacial score (nSPS) is 16.1. The first kappa shape index (κ1) is 22.9. The number of hydrogen-bond acceptors (Lipinski definition) is 6. The van der Waals surface area contributed by atoms with Crippen LogP contribution in [0.5, 0.6) is 0 Å². The summed E-state index contributed by atoms with van der Waals surface area (Å²) in [5.41, 5.74) is 2.27. The number of amides is 2. The third-order valence-electron chi connectivity index (χ3n) is 4.19. The first-order valence-corrected chi connectivity index (χ1v) is 11.8. The monoisotopic (exact) mass is 473 g/mol. The number of sulfonamides is 1. The highest BCUT2D eigenvalue weighted by Gasteiger charge is 2.33. The van der Waals surface area contributed by atoms with E-state index in [1.54, 1.807) is 6.08 Å². The molecule has 1 aliphatic heterocycles. The summed E-state index contributed by atoms with van der Waals surface area (Å²) < 4.78 is 22.9. The number of anilines is 1. The number of thioether (sulfide) groups is 1. The van der Waals surface area contributed by atoms with Gasteiger partial charge in [0.1, 0.15) is 10.9 Å². The largest absolute Gasteiger partial charge is 0.325 e. The summed E-state index contributed by atoms with van der Waals surface area (Å²) in [6.07, 6.45) is 3.70. The number of nitrogens with one attached hydrogen (secondary N) is 1. The molecule has 2 aromatic carbocycles. The minimum Gasteiger partial charge on any atom is -0.325 e. The van der Waals surface area contributed by atoms with Gasteiger partial charge in [0, 0.05) is 5.69 Å². The van der Waals surface area contributed by atoms with Crippen molar-refractivity contribution in [2.24, 2.45) is 5.14 Å². The van der Waals surface area contributed by atoms with Crippen LogP contribution in [-0.2, 0) is 19.6 Å². The molecular weight excluding hydrogens is 454 g/mol. The highest BCUT2D eigenvalue weighted by Crippen LogP contribution is 2.32. The van der Waals surface area contributed by atoms with E-state index in [4.69, 9.17) is 17.4 Å². The lowest BCUT2D eigenvalue weighted by atomic mass is 10.1. The van der Waals surface area contributed by atoms with Crippen LogP contribution in [0.1, 0.15) is 12.5 Å². The molecule has 1 aliphatic rings. The minimum absolute atomic E-state index is 0.0634. The Bertz CT molecular complexity index is 1190. The van der Waals surface area contributed by atoms with E-state index in [0.29, 0.717) is 14.9 Å². The Labute approximate surface area is 190 Å². The van der Waals surface area contributed by atoms with Gasteiger partial charge in [-0.2, -0.15) is 0 Å². The van der Waals surface area contributed by atoms with Crippen molar-refractivity contribution in [1.82, 2.24) is 4.90 Å². The molecular formula is C21H19N3O4S3. The average molecular weight is 474 g/mol. The van der Waals surface area contributed by atoms with E-state index in [9.17, 15) is 18.0 Å². The summed E-state index contributed by atoms with van der Waals surface area (Å²) in [6.45, 7) is 1.64. The zero-order valence-electron chi connectivity index (χ0n) is 16.4. The fraction of sp³-hybridized carbons (Fsp3) is 0.0952. The lowest BCUT2D eigenvalue weighted by Crippen LogP contribution is -2.36. The van der Waals surface area contributed by atoms with Crippen LogP contribution in [-0.4, -0.2) is 36.0 Å². The van der Waals surface area contributed by atoms with E-state index in [-0.39, 0.29) is 17.3 Å². The lowest BCUT2D eigenvalue weighted by Gasteiger charge is -2.14. The molecule has 1 fully saturated rings. The number of rotatable bonds is 6. The number of carbonyl (C=O) groups excluding carboxylic acids is 2. The van der Waals surface area contributed by atoms with Crippen LogP contribution in [0.2, 0.25) is 0 Å². The predicted molar refractivity (Wildman–Crippen MR) is 127 cm³/mol. The third-order valence-corrected chi connectivity index (χ3v) is 6.50. The number of allylic oxidation sites excluding steroid dienone is 2. The van der Waals surface area contributed by atoms with Crippen molar-refractivity contribution in [1.29, 1.82) is 0 Å². The quantitative estimate of drug-likeness (QED) is 0.493. The minimum atomic E-state index is -3.81. The molecule has 0 bridgehead atoms. The Hall–Kier alpha value is -2.79. The fourth-order valence-electron chi connectivity index (χ4n) is 2.77. The number of carbonyl (C=O) groups is 2. The molecule has 0 atom stereocenters. The van der Waals surface area contributed by atoms with Gasteiger partial charge in [-0.25, -0.2) is 13.6 Å². The second kappa shape index (κ2) is 9.56. The van der Waals surface area contributed by atoms with Crippen molar-refractivity contribution in [3.8, 4) is 0 Å². The molecule has 7 nitrogen and oxygen atoms in total. The molecule has 0 radical (unpaired) electrons. The summed E-state index contributed by atoms with van der Waals surface area (Å²) in [4.78, 5) is 26.7. The Morgan fingerprint density at radius 2 is 1.81 bits per heavy atom. The fourth-order valence-corrected chi connectivity index (χ4v) is 4.59. The molecule has 1 heterocycles. The molecule has 0 spiro atoms. The highest BCUT2D eigenvalue weighted by molar-refractivity contribution is 8.26. The van der Waals surface area contributed by atoms with E-state index in [0.717, 1.165) is 22.9 Å². The van der Waals surface area contributed by atoms with Gasteiger partial charge in [-0.1, -0.05) is 60.4 Å². The Morgan fingerprint density at radius 3 is 2.42 bits per heavy atom. The molecule has 3 rings (SSSR count). The van der Waals surface area contributed by atoms with Crippen LogP contribution >= 0.6 is 24.0 Å². The van der Waals surface area contributed by atoms with Crippen LogP contribution in [0.25, 0.3) is 6.08 Å². The van der Waals surface area contributed by atoms with Gasteiger partial charge in [0.05, 0.1) is 9.80 Å². The molecule has 2 amide bonds. The topological polar surface area (TPSA) is 110 Å². The number of thiocarbonyl (C=S) groups is 1. The highest BCUT2D eigenvalue weighted by atomic mass is 32.2. The standard InChI is InChI=1S/C21H19N3O4S3/c1-14(11-15-5-3-2-4-6-15)12-18-20(26)24(21(29)30-18)13-19(25)23-16-7-9-17(10-8-16)31(22,27)28/h2-12H,13H2,1H3,(H,23,25)(H2,22,27,28)/b14-11+,18-12-. The smallest absolute Gasteiger partial charge is 0.266 e. The molecule has 1 saturated heterocycles. The molecule has 0 saturated carbocycles. The van der Waals surface area contributed by atoms with E-state index < -0.39 is 15.9 Å². The second-order valence-electron chi connectivity index (χ2n) is 6.68. The van der Waals surface area contributed by atoms with Gasteiger partial charge in [-0.3, -0.25) is 14.5 Å². The zero-order valence-corrected chi connectivity index (χ0v) is 18.9. The summed E-state index contributed by atoms with van der Waals surface area (Å²) in [6, 6.07) is 15.1. The van der Waals surface area contributed by atoms with Crippen molar-refractivity contribution >= 4 is 61.9 Å². The number of hydrogen-bond donors (Lipinski definition) is 2. The van der Waals surface area contributed by atoms with Gasteiger partial charge < -0.3 is 5.32 Å². The van der Waals surface area contributed by atoms with Gasteiger partial charge in [0.15, 0.2) is 0 Å². The Balaban J connectivity index is 1.65. The van der Waals surface area contributed by atoms with Crippen LogP contribution in [0.4, 0.5) is 5.69 Å². The second-order valence-corrected chi connectivity index (χ2v) is 9.92. The lowest BCUT2D eigenvalue weighted by molar-refractivity contribution is -0.126. The van der Waals surface area contributed by atoms with Crippen LogP contribution < -0.4 is 10.5 Å².